The van der Waals surface area contributed by atoms with Gasteiger partial charge in [0.05, 0.1) is 10.6 Å². The molecule has 0 saturated heterocycles. The van der Waals surface area contributed by atoms with Gasteiger partial charge in [-0.05, 0) is 30.8 Å². The number of amides is 1. The number of H-pyrrole nitrogens is 1. The first-order valence-electron chi connectivity index (χ1n) is 4.93. The lowest BCUT2D eigenvalue weighted by Crippen LogP contribution is -2.13. The highest BCUT2D eigenvalue weighted by Gasteiger charge is 2.16. The summed E-state index contributed by atoms with van der Waals surface area (Å²) in [5, 5.41) is 7.47. The largest absolute Gasteiger partial charge is 0.399 e. The number of anilines is 1. The van der Waals surface area contributed by atoms with Gasteiger partial charge >= 0.3 is 0 Å². The number of hydrogen-bond donors (Lipinski definition) is 3. The minimum atomic E-state index is -0.598. The molecule has 0 unspecified atom stereocenters. The van der Waals surface area contributed by atoms with Crippen LogP contribution in [0.15, 0.2) is 22.2 Å². The van der Waals surface area contributed by atoms with Crippen molar-refractivity contribution in [3.05, 3.63) is 28.5 Å². The van der Waals surface area contributed by atoms with E-state index in [0.717, 1.165) is 11.8 Å². The summed E-state index contributed by atoms with van der Waals surface area (Å²) in [6, 6.07) is 3.03. The van der Waals surface area contributed by atoms with Crippen molar-refractivity contribution < 1.29 is 4.79 Å². The van der Waals surface area contributed by atoms with Gasteiger partial charge in [-0.1, -0.05) is 11.6 Å². The van der Waals surface area contributed by atoms with Gasteiger partial charge in [0, 0.05) is 10.6 Å². The molecule has 0 aliphatic heterocycles. The molecular formula is C10H10ClN5OS. The third-order valence-electron chi connectivity index (χ3n) is 2.10. The number of aryl methyl sites for hydroxylation is 1. The minimum Gasteiger partial charge on any atom is -0.399 e. The molecule has 0 fully saturated rings. The third-order valence-corrected chi connectivity index (χ3v) is 3.52. The third kappa shape index (κ3) is 2.57. The molecule has 1 aromatic heterocycles. The Balaban J connectivity index is 2.46. The highest BCUT2D eigenvalue weighted by molar-refractivity contribution is 7.99. The Kier molecular flexibility index (Phi) is 3.44. The van der Waals surface area contributed by atoms with Crippen LogP contribution in [-0.2, 0) is 0 Å². The van der Waals surface area contributed by atoms with E-state index in [2.05, 4.69) is 15.2 Å². The number of nitrogen functional groups attached to an aromatic ring is 1. The van der Waals surface area contributed by atoms with Crippen molar-refractivity contribution in [1.29, 1.82) is 0 Å². The molecule has 0 aliphatic carbocycles. The molecule has 8 heteroatoms. The molecule has 0 spiro atoms. The van der Waals surface area contributed by atoms with E-state index in [1.807, 2.05) is 0 Å². The molecular weight excluding hydrogens is 274 g/mol. The summed E-state index contributed by atoms with van der Waals surface area (Å²) in [6.07, 6.45) is 0. The summed E-state index contributed by atoms with van der Waals surface area (Å²) in [7, 11) is 0. The number of aromatic amines is 1. The number of nitrogens with one attached hydrogen (secondary N) is 1. The van der Waals surface area contributed by atoms with Gasteiger partial charge in [0.25, 0.3) is 0 Å². The number of carbonyl (C=O) groups excluding carboxylic acids is 1. The SMILES string of the molecule is Cc1nc(Sc2c(Cl)cc(N)cc2C(N)=O)n[nH]1. The second-order valence-electron chi connectivity index (χ2n) is 3.55. The van der Waals surface area contributed by atoms with E-state index in [4.69, 9.17) is 23.1 Å². The van der Waals surface area contributed by atoms with E-state index in [-0.39, 0.29) is 5.56 Å². The zero-order valence-electron chi connectivity index (χ0n) is 9.40. The fourth-order valence-corrected chi connectivity index (χ4v) is 2.59. The monoisotopic (exact) mass is 283 g/mol. The average molecular weight is 284 g/mol. The Morgan fingerprint density at radius 3 is 2.78 bits per heavy atom. The van der Waals surface area contributed by atoms with Crippen LogP contribution in [0, 0.1) is 6.92 Å². The predicted molar refractivity (Wildman–Crippen MR) is 69.6 cm³/mol. The fourth-order valence-electron chi connectivity index (χ4n) is 1.36. The van der Waals surface area contributed by atoms with Gasteiger partial charge in [-0.25, -0.2) is 4.98 Å². The van der Waals surface area contributed by atoms with Crippen LogP contribution in [0.3, 0.4) is 0 Å². The first kappa shape index (κ1) is 12.7. The van der Waals surface area contributed by atoms with Crippen LogP contribution in [-0.4, -0.2) is 21.1 Å². The van der Waals surface area contributed by atoms with Gasteiger partial charge in [0.2, 0.25) is 11.1 Å². The number of benzene rings is 1. The highest BCUT2D eigenvalue weighted by atomic mass is 35.5. The summed E-state index contributed by atoms with van der Waals surface area (Å²) in [5.74, 6) is 0.0728. The van der Waals surface area contributed by atoms with Crippen LogP contribution >= 0.6 is 23.4 Å². The molecule has 1 aromatic carbocycles. The molecule has 1 amide bonds. The maximum Gasteiger partial charge on any atom is 0.249 e. The number of halogens is 1. The molecule has 2 aromatic rings. The van der Waals surface area contributed by atoms with Gasteiger partial charge < -0.3 is 11.5 Å². The van der Waals surface area contributed by atoms with Gasteiger partial charge in [0.15, 0.2) is 0 Å². The number of rotatable bonds is 3. The number of aromatic nitrogens is 3. The number of nitrogens with zero attached hydrogens (tertiary/aromatic N) is 2. The zero-order valence-corrected chi connectivity index (χ0v) is 11.0. The number of nitrogens with two attached hydrogens (primary N) is 2. The van der Waals surface area contributed by atoms with E-state index < -0.39 is 5.91 Å². The lowest BCUT2D eigenvalue weighted by Gasteiger charge is -2.07. The average Bonchev–Trinajstić information content (AvgIpc) is 2.67. The lowest BCUT2D eigenvalue weighted by atomic mass is 10.2. The van der Waals surface area contributed by atoms with Crippen LogP contribution in [0.1, 0.15) is 16.2 Å². The van der Waals surface area contributed by atoms with Crippen LogP contribution in [0.4, 0.5) is 5.69 Å². The number of carbonyl (C=O) groups is 1. The van der Waals surface area contributed by atoms with E-state index in [9.17, 15) is 4.79 Å². The summed E-state index contributed by atoms with van der Waals surface area (Å²) < 4.78 is 0. The Bertz CT molecular complexity index is 612. The molecule has 5 N–H and O–H groups in total. The quantitative estimate of drug-likeness (QED) is 0.741. The maximum atomic E-state index is 11.4. The zero-order chi connectivity index (χ0) is 13.3. The van der Waals surface area contributed by atoms with Crippen molar-refractivity contribution in [3.63, 3.8) is 0 Å². The maximum absolute atomic E-state index is 11.4. The summed E-state index contributed by atoms with van der Waals surface area (Å²) in [6.45, 7) is 1.77. The molecule has 1 heterocycles. The molecule has 0 saturated carbocycles. The van der Waals surface area contributed by atoms with Gasteiger partial charge in [-0.15, -0.1) is 5.10 Å². The first-order chi connectivity index (χ1) is 8.47. The highest BCUT2D eigenvalue weighted by Crippen LogP contribution is 2.35. The van der Waals surface area contributed by atoms with Crippen LogP contribution in [0.25, 0.3) is 0 Å². The molecule has 0 atom stereocenters. The van der Waals surface area contributed by atoms with Crippen LogP contribution in [0.5, 0.6) is 0 Å². The Morgan fingerprint density at radius 2 is 2.22 bits per heavy atom. The van der Waals surface area contributed by atoms with E-state index >= 15 is 0 Å². The van der Waals surface area contributed by atoms with Crippen molar-refractivity contribution >= 4 is 35.0 Å². The fraction of sp³-hybridized carbons (Fsp3) is 0.100. The van der Waals surface area contributed by atoms with Gasteiger partial charge in [-0.3, -0.25) is 9.89 Å². The molecule has 6 nitrogen and oxygen atoms in total. The van der Waals surface area contributed by atoms with Crippen molar-refractivity contribution in [2.45, 2.75) is 17.0 Å². The van der Waals surface area contributed by atoms with E-state index in [0.29, 0.717) is 26.6 Å². The van der Waals surface area contributed by atoms with E-state index in [1.54, 1.807) is 13.0 Å². The second-order valence-corrected chi connectivity index (χ2v) is 4.93. The lowest BCUT2D eigenvalue weighted by molar-refractivity contribution is 0.0997. The number of hydrogen-bond acceptors (Lipinski definition) is 5. The smallest absolute Gasteiger partial charge is 0.249 e. The Morgan fingerprint density at radius 1 is 1.50 bits per heavy atom. The van der Waals surface area contributed by atoms with Crippen molar-refractivity contribution in [2.24, 2.45) is 5.73 Å². The molecule has 0 aliphatic rings. The van der Waals surface area contributed by atoms with Gasteiger partial charge in [-0.2, -0.15) is 0 Å². The standard InChI is InChI=1S/C10H10ClN5OS/c1-4-14-10(16-15-4)18-8-6(9(13)17)2-5(12)3-7(8)11/h2-3H,12H2,1H3,(H2,13,17)(H,14,15,16). The van der Waals surface area contributed by atoms with Crippen molar-refractivity contribution in [1.82, 2.24) is 15.2 Å². The van der Waals surface area contributed by atoms with Gasteiger partial charge in [0.1, 0.15) is 5.82 Å². The Labute approximate surface area is 112 Å². The molecule has 18 heavy (non-hydrogen) atoms. The summed E-state index contributed by atoms with van der Waals surface area (Å²) in [4.78, 5) is 16.0. The summed E-state index contributed by atoms with van der Waals surface area (Å²) in [5.41, 5.74) is 11.6. The molecule has 0 bridgehead atoms. The predicted octanol–water partition coefficient (Wildman–Crippen LogP) is 1.60. The molecule has 0 radical (unpaired) electrons. The number of primary amides is 1. The second kappa shape index (κ2) is 4.87. The molecule has 2 rings (SSSR count). The van der Waals surface area contributed by atoms with Crippen molar-refractivity contribution in [2.75, 3.05) is 5.73 Å². The first-order valence-corrected chi connectivity index (χ1v) is 6.12. The normalized spacial score (nSPS) is 10.6. The van der Waals surface area contributed by atoms with Crippen molar-refractivity contribution in [3.8, 4) is 0 Å². The van der Waals surface area contributed by atoms with Crippen LogP contribution in [0.2, 0.25) is 5.02 Å². The molecule has 94 valence electrons. The summed E-state index contributed by atoms with van der Waals surface area (Å²) >= 11 is 7.22. The minimum absolute atomic E-state index is 0.257. The topological polar surface area (TPSA) is 111 Å². The Hall–Kier alpha value is -1.73. The van der Waals surface area contributed by atoms with E-state index in [1.165, 1.54) is 6.07 Å². The van der Waals surface area contributed by atoms with Crippen LogP contribution < -0.4 is 11.5 Å².